The van der Waals surface area contributed by atoms with E-state index in [2.05, 4.69) is 223 Å². The summed E-state index contributed by atoms with van der Waals surface area (Å²) in [6.45, 7) is 40.0. The Kier molecular flexibility index (Phi) is 29.2. The molecule has 0 saturated heterocycles. The molecule has 12 aromatic rings. The fraction of sp³-hybridized carbons (Fsp3) is 0.200. The molecule has 0 aliphatic heterocycles. The van der Waals surface area contributed by atoms with Crippen molar-refractivity contribution in [2.75, 3.05) is 0 Å². The minimum atomic E-state index is -1.48. The van der Waals surface area contributed by atoms with Crippen LogP contribution in [0, 0.1) is 104 Å². The summed E-state index contributed by atoms with van der Waals surface area (Å²) in [5.74, 6) is 20.7. The second-order valence-electron chi connectivity index (χ2n) is 32.4. The number of fused-ring (bicyclic) bond motifs is 6. The summed E-state index contributed by atoms with van der Waals surface area (Å²) in [4.78, 5) is 0. The molecule has 12 aromatic carbocycles. The molecule has 0 aliphatic carbocycles. The van der Waals surface area contributed by atoms with Crippen LogP contribution in [0.15, 0.2) is 182 Å². The Bertz CT molecular complexity index is 4880. The summed E-state index contributed by atoms with van der Waals surface area (Å²) in [6.07, 6.45) is 0. The maximum Gasteiger partial charge on any atom is 0.129 e. The van der Waals surface area contributed by atoms with E-state index >= 15 is 0 Å². The number of hydrogen-bond acceptors (Lipinski definition) is 6. The van der Waals surface area contributed by atoms with Crippen LogP contribution < -0.4 is 0 Å². The normalized spacial score (nSPS) is 11.2. The summed E-state index contributed by atoms with van der Waals surface area (Å²) in [6, 6.07) is 57.8. The van der Waals surface area contributed by atoms with Gasteiger partial charge >= 0.3 is 0 Å². The molecule has 0 saturated carbocycles. The van der Waals surface area contributed by atoms with Crippen LogP contribution >= 0.6 is 0 Å². The molecule has 6 nitrogen and oxygen atoms in total. The third-order valence-corrected chi connectivity index (χ3v) is 21.5. The Morgan fingerprint density at radius 3 is 0.425 bits per heavy atom. The molecular weight excluding hydrogens is 1510 g/mol. The standard InChI is InChI=1S/3C30H30O2Si2.La.3Li/c3*1-33(2,3)17-15-21-7-11-25-23(19-21)9-13-27(31)29(25)30-26-12-8-22(16-18-34(4,5)6)20-24(26)10-14-28(30)32;;;;/h3*7-14,19-20,31-32H,1-6H3;;;;. The fourth-order valence-corrected chi connectivity index (χ4v) is 14.6. The number of hydrogen-bond donors (Lipinski definition) is 6. The third kappa shape index (κ3) is 22.9. The number of aromatic hydroxyl groups is 6. The van der Waals surface area contributed by atoms with Gasteiger partial charge in [0.2, 0.25) is 0 Å². The molecule has 12 rings (SSSR count). The van der Waals surface area contributed by atoms with Gasteiger partial charge in [0.1, 0.15) is 82.9 Å². The van der Waals surface area contributed by atoms with Crippen LogP contribution in [0.4, 0.5) is 0 Å². The van der Waals surface area contributed by atoms with E-state index in [1.807, 2.05) is 109 Å². The Hall–Kier alpha value is -7.35. The number of benzene rings is 12. The van der Waals surface area contributed by atoms with Gasteiger partial charge in [0.05, 0.1) is 0 Å². The van der Waals surface area contributed by atoms with Crippen molar-refractivity contribution in [1.82, 2.24) is 0 Å². The summed E-state index contributed by atoms with van der Waals surface area (Å²) in [5.41, 5.74) is 30.0. The van der Waals surface area contributed by atoms with Gasteiger partial charge in [0.15, 0.2) is 0 Å². The Morgan fingerprint density at radius 2 is 0.311 bits per heavy atom. The minimum absolute atomic E-state index is 0. The smallest absolute Gasteiger partial charge is 0.129 e. The van der Waals surface area contributed by atoms with E-state index in [4.69, 9.17) is 0 Å². The first-order valence-corrected chi connectivity index (χ1v) is 55.5. The summed E-state index contributed by atoms with van der Waals surface area (Å²) >= 11 is 0. The van der Waals surface area contributed by atoms with Crippen LogP contribution in [0.1, 0.15) is 33.4 Å². The number of phenols is 6. The van der Waals surface area contributed by atoms with Crippen molar-refractivity contribution in [1.29, 1.82) is 0 Å². The number of rotatable bonds is 3. The number of phenolic OH excluding ortho intramolecular Hbond substituents is 6. The fourth-order valence-electron chi connectivity index (χ4n) is 11.5. The van der Waals surface area contributed by atoms with Gasteiger partial charge in [-0.1, -0.05) is 226 Å². The molecule has 0 atom stereocenters. The molecule has 4 radical (unpaired) electrons. The van der Waals surface area contributed by atoms with Gasteiger partial charge in [-0.2, -0.15) is 0 Å². The van der Waals surface area contributed by atoms with Gasteiger partial charge in [-0.3, -0.25) is 0 Å². The molecule has 0 spiro atoms. The first kappa shape index (κ1) is 87.6. The van der Waals surface area contributed by atoms with Crippen molar-refractivity contribution in [2.45, 2.75) is 118 Å². The average Bonchev–Trinajstić information content (AvgIpc) is 0.766. The van der Waals surface area contributed by atoms with Crippen molar-refractivity contribution in [3.8, 4) is 137 Å². The van der Waals surface area contributed by atoms with Gasteiger partial charge in [0.25, 0.3) is 0 Å². The molecule has 106 heavy (non-hydrogen) atoms. The van der Waals surface area contributed by atoms with Crippen LogP contribution in [0.3, 0.4) is 0 Å². The predicted molar refractivity (Wildman–Crippen MR) is 469 cm³/mol. The van der Waals surface area contributed by atoms with Crippen LogP contribution in [-0.4, -0.2) is 136 Å². The van der Waals surface area contributed by atoms with Crippen molar-refractivity contribution in [3.63, 3.8) is 0 Å². The van der Waals surface area contributed by atoms with E-state index in [9.17, 15) is 30.6 Å². The van der Waals surface area contributed by atoms with Gasteiger partial charge < -0.3 is 30.6 Å². The summed E-state index contributed by atoms with van der Waals surface area (Å²) < 4.78 is 0. The molecule has 0 amide bonds. The molecule has 516 valence electrons. The van der Waals surface area contributed by atoms with Gasteiger partial charge in [0, 0.05) is 159 Å². The topological polar surface area (TPSA) is 121 Å². The van der Waals surface area contributed by atoms with Crippen LogP contribution in [-0.2, 0) is 0 Å². The second-order valence-corrected chi connectivity index (χ2v) is 60.9. The van der Waals surface area contributed by atoms with Crippen molar-refractivity contribution >= 4 is 170 Å². The zero-order valence-corrected chi connectivity index (χ0v) is 75.2. The third-order valence-electron chi connectivity index (χ3n) is 16.2. The van der Waals surface area contributed by atoms with Gasteiger partial charge in [-0.25, -0.2) is 0 Å². The molecule has 0 aliphatic rings. The molecule has 6 N–H and O–H groups in total. The predicted octanol–water partition coefficient (Wildman–Crippen LogP) is 21.4. The largest absolute Gasteiger partial charge is 0.507 e. The molecular formula is C90H90LaLi3O6Si6. The maximum absolute atomic E-state index is 10.9. The van der Waals surface area contributed by atoms with E-state index in [1.165, 1.54) is 0 Å². The van der Waals surface area contributed by atoms with Crippen molar-refractivity contribution in [3.05, 3.63) is 215 Å². The van der Waals surface area contributed by atoms with E-state index in [0.717, 1.165) is 98.0 Å². The van der Waals surface area contributed by atoms with Crippen molar-refractivity contribution < 1.29 is 66.2 Å². The van der Waals surface area contributed by atoms with E-state index in [1.54, 1.807) is 36.4 Å². The maximum atomic E-state index is 10.9. The average molecular weight is 1600 g/mol. The summed E-state index contributed by atoms with van der Waals surface area (Å²) in [5, 5.41) is 76.5. The Labute approximate surface area is 698 Å². The molecule has 0 heterocycles. The molecule has 0 aromatic heterocycles. The molecule has 0 bridgehead atoms. The summed E-state index contributed by atoms with van der Waals surface area (Å²) in [7, 11) is -8.89. The SMILES string of the molecule is C[Si](C)(C)C#Cc1ccc2c(-c3c(O)ccc4cc(C#C[Si](C)(C)C)ccc34)c(O)ccc2c1.C[Si](C)(C)C#Cc1ccc2c(-c3c(O)ccc4cc(C#C[Si](C)(C)C)ccc34)c(O)ccc2c1.C[Si](C)(C)C#Cc1ccc2c(-c3c(O)ccc4cc(C#C[Si](C)(C)C)ccc34)c(O)ccc2c1.[La].[Li].[Li].[Li]. The first-order chi connectivity index (χ1) is 47.7. The Morgan fingerprint density at radius 1 is 0.189 bits per heavy atom. The minimum Gasteiger partial charge on any atom is -0.507 e. The Balaban J connectivity index is 0.000000244. The zero-order valence-electron chi connectivity index (χ0n) is 65.6. The van der Waals surface area contributed by atoms with E-state index in [-0.39, 0.29) is 127 Å². The van der Waals surface area contributed by atoms with Crippen LogP contribution in [0.25, 0.3) is 98.0 Å². The van der Waals surface area contributed by atoms with E-state index in [0.29, 0.717) is 33.4 Å². The van der Waals surface area contributed by atoms with Gasteiger partial charge in [-0.15, -0.1) is 33.3 Å². The molecule has 16 heteroatoms. The molecule has 0 fully saturated rings. The zero-order chi connectivity index (χ0) is 74.0. The molecule has 0 unspecified atom stereocenters. The van der Waals surface area contributed by atoms with Gasteiger partial charge in [-0.05, 0) is 174 Å². The van der Waals surface area contributed by atoms with Crippen LogP contribution in [0.5, 0.6) is 34.5 Å². The first-order valence-electron chi connectivity index (χ1n) is 34.5. The monoisotopic (exact) mass is 1590 g/mol. The quantitative estimate of drug-likeness (QED) is 0.0774. The van der Waals surface area contributed by atoms with Crippen LogP contribution in [0.2, 0.25) is 118 Å². The van der Waals surface area contributed by atoms with E-state index < -0.39 is 48.4 Å². The second kappa shape index (κ2) is 35.3. The van der Waals surface area contributed by atoms with Crippen molar-refractivity contribution in [2.24, 2.45) is 0 Å².